The first-order chi connectivity index (χ1) is 12.4. The van der Waals surface area contributed by atoms with Crippen LogP contribution in [-0.2, 0) is 4.79 Å². The Morgan fingerprint density at radius 3 is 2.38 bits per heavy atom. The van der Waals surface area contributed by atoms with E-state index < -0.39 is 0 Å². The number of hydrogen-bond donors (Lipinski definition) is 1. The number of benzene rings is 2. The summed E-state index contributed by atoms with van der Waals surface area (Å²) < 4.78 is 0. The molecular weight excluding hydrogens is 368 g/mol. The van der Waals surface area contributed by atoms with Crippen molar-refractivity contribution in [1.82, 2.24) is 4.90 Å². The van der Waals surface area contributed by atoms with Crippen LogP contribution in [0.5, 0.6) is 0 Å². The molecule has 0 bridgehead atoms. The van der Waals surface area contributed by atoms with Crippen molar-refractivity contribution in [2.24, 2.45) is 0 Å². The molecule has 0 heterocycles. The van der Waals surface area contributed by atoms with Gasteiger partial charge in [-0.3, -0.25) is 9.59 Å². The summed E-state index contributed by atoms with van der Waals surface area (Å²) in [5, 5.41) is 3.28. The van der Waals surface area contributed by atoms with Gasteiger partial charge in [0.05, 0.1) is 5.25 Å². The van der Waals surface area contributed by atoms with Crippen molar-refractivity contribution in [3.63, 3.8) is 0 Å². The number of nitrogens with zero attached hydrogens (tertiary/aromatic N) is 1. The maximum atomic E-state index is 12.5. The second kappa shape index (κ2) is 9.64. The van der Waals surface area contributed by atoms with Gasteiger partial charge in [-0.25, -0.2) is 0 Å². The minimum absolute atomic E-state index is 0.0327. The zero-order valence-corrected chi connectivity index (χ0v) is 16.7. The van der Waals surface area contributed by atoms with E-state index in [0.29, 0.717) is 29.4 Å². The zero-order chi connectivity index (χ0) is 19.1. The maximum Gasteiger partial charge on any atom is 0.253 e. The van der Waals surface area contributed by atoms with E-state index in [2.05, 4.69) is 5.32 Å². The molecule has 0 radical (unpaired) electrons. The number of nitrogens with one attached hydrogen (secondary N) is 1. The molecular formula is C20H23ClN2O2S. The van der Waals surface area contributed by atoms with Gasteiger partial charge < -0.3 is 10.2 Å². The van der Waals surface area contributed by atoms with Crippen molar-refractivity contribution in [3.8, 4) is 0 Å². The molecule has 2 amide bonds. The highest BCUT2D eigenvalue weighted by molar-refractivity contribution is 8.00. The number of anilines is 1. The van der Waals surface area contributed by atoms with Gasteiger partial charge in [-0.2, -0.15) is 0 Å². The lowest BCUT2D eigenvalue weighted by Crippen LogP contribution is -2.30. The Morgan fingerprint density at radius 2 is 1.77 bits per heavy atom. The third kappa shape index (κ3) is 5.51. The van der Waals surface area contributed by atoms with Gasteiger partial charge in [0.2, 0.25) is 5.91 Å². The van der Waals surface area contributed by atoms with Crippen LogP contribution in [0.4, 0.5) is 5.69 Å². The molecule has 0 spiro atoms. The lowest BCUT2D eigenvalue weighted by atomic mass is 10.1. The molecule has 0 fully saturated rings. The lowest BCUT2D eigenvalue weighted by molar-refractivity contribution is -0.115. The molecule has 0 aromatic heterocycles. The summed E-state index contributed by atoms with van der Waals surface area (Å²) in [6.07, 6.45) is 0. The molecule has 1 N–H and O–H groups in total. The monoisotopic (exact) mass is 390 g/mol. The first kappa shape index (κ1) is 20.3. The summed E-state index contributed by atoms with van der Waals surface area (Å²) in [7, 11) is 0. The molecule has 0 aliphatic rings. The molecule has 2 aromatic carbocycles. The van der Waals surface area contributed by atoms with Crippen molar-refractivity contribution in [1.29, 1.82) is 0 Å². The molecule has 1 unspecified atom stereocenters. The van der Waals surface area contributed by atoms with Crippen LogP contribution in [0.15, 0.2) is 53.4 Å². The molecule has 2 aromatic rings. The van der Waals surface area contributed by atoms with E-state index in [-0.39, 0.29) is 17.1 Å². The van der Waals surface area contributed by atoms with Crippen LogP contribution in [-0.4, -0.2) is 35.1 Å². The van der Waals surface area contributed by atoms with Gasteiger partial charge in [0.15, 0.2) is 0 Å². The molecule has 1 atom stereocenters. The van der Waals surface area contributed by atoms with Gasteiger partial charge >= 0.3 is 0 Å². The van der Waals surface area contributed by atoms with Crippen LogP contribution >= 0.6 is 23.4 Å². The Hall–Kier alpha value is -1.98. The van der Waals surface area contributed by atoms with E-state index in [1.54, 1.807) is 41.3 Å². The highest BCUT2D eigenvalue weighted by Crippen LogP contribution is 2.25. The fraction of sp³-hybridized carbons (Fsp3) is 0.300. The van der Waals surface area contributed by atoms with Crippen molar-refractivity contribution in [2.75, 3.05) is 18.4 Å². The van der Waals surface area contributed by atoms with Crippen molar-refractivity contribution in [2.45, 2.75) is 30.9 Å². The van der Waals surface area contributed by atoms with Gasteiger partial charge in [0, 0.05) is 34.3 Å². The average molecular weight is 391 g/mol. The quantitative estimate of drug-likeness (QED) is 0.681. The summed E-state index contributed by atoms with van der Waals surface area (Å²) >= 11 is 7.34. The Kier molecular flexibility index (Phi) is 7.54. The van der Waals surface area contributed by atoms with Crippen LogP contribution in [0.3, 0.4) is 0 Å². The normalized spacial score (nSPS) is 11.7. The van der Waals surface area contributed by atoms with Crippen LogP contribution in [0.2, 0.25) is 5.02 Å². The van der Waals surface area contributed by atoms with Crippen LogP contribution in [0, 0.1) is 0 Å². The van der Waals surface area contributed by atoms with Gasteiger partial charge in [0.25, 0.3) is 5.91 Å². The van der Waals surface area contributed by atoms with E-state index in [9.17, 15) is 9.59 Å². The van der Waals surface area contributed by atoms with E-state index >= 15 is 0 Å². The molecule has 6 heteroatoms. The van der Waals surface area contributed by atoms with E-state index in [0.717, 1.165) is 4.90 Å². The molecule has 26 heavy (non-hydrogen) atoms. The minimum Gasteiger partial charge on any atom is -0.339 e. The lowest BCUT2D eigenvalue weighted by Gasteiger charge is -2.19. The summed E-state index contributed by atoms with van der Waals surface area (Å²) in [5.74, 6) is -0.146. The number of amides is 2. The summed E-state index contributed by atoms with van der Waals surface area (Å²) in [5.41, 5.74) is 1.20. The largest absolute Gasteiger partial charge is 0.339 e. The van der Waals surface area contributed by atoms with Crippen molar-refractivity contribution < 1.29 is 9.59 Å². The Balaban J connectivity index is 2.03. The number of carbonyl (C=O) groups is 2. The predicted molar refractivity (Wildman–Crippen MR) is 109 cm³/mol. The van der Waals surface area contributed by atoms with Crippen molar-refractivity contribution in [3.05, 3.63) is 59.1 Å². The number of carbonyl (C=O) groups excluding carboxylic acids is 2. The van der Waals surface area contributed by atoms with Crippen LogP contribution < -0.4 is 5.32 Å². The minimum atomic E-state index is -0.279. The van der Waals surface area contributed by atoms with Gasteiger partial charge in [-0.05, 0) is 63.2 Å². The summed E-state index contributed by atoms with van der Waals surface area (Å²) in [6.45, 7) is 7.05. The summed E-state index contributed by atoms with van der Waals surface area (Å²) in [6, 6.07) is 14.4. The fourth-order valence-corrected chi connectivity index (χ4v) is 3.43. The molecule has 0 aliphatic carbocycles. The van der Waals surface area contributed by atoms with Gasteiger partial charge in [0.1, 0.15) is 0 Å². The van der Waals surface area contributed by atoms with Crippen LogP contribution in [0.25, 0.3) is 0 Å². The smallest absolute Gasteiger partial charge is 0.253 e. The third-order valence-corrected chi connectivity index (χ3v) is 5.29. The van der Waals surface area contributed by atoms with Crippen molar-refractivity contribution >= 4 is 40.9 Å². The molecule has 4 nitrogen and oxygen atoms in total. The Labute approximate surface area is 163 Å². The molecule has 0 aliphatic heterocycles. The SMILES string of the molecule is CCN(CC)C(=O)c1cccc(NC(=O)C(C)Sc2ccc(Cl)cc2)c1. The second-order valence-corrected chi connectivity index (χ2v) is 7.61. The molecule has 0 saturated heterocycles. The highest BCUT2D eigenvalue weighted by atomic mass is 35.5. The molecule has 138 valence electrons. The Bertz CT molecular complexity index is 761. The Morgan fingerprint density at radius 1 is 1.12 bits per heavy atom. The van der Waals surface area contributed by atoms with Crippen LogP contribution in [0.1, 0.15) is 31.1 Å². The van der Waals surface area contributed by atoms with E-state index in [1.165, 1.54) is 11.8 Å². The number of hydrogen-bond acceptors (Lipinski definition) is 3. The number of halogens is 1. The summed E-state index contributed by atoms with van der Waals surface area (Å²) in [4.78, 5) is 27.6. The fourth-order valence-electron chi connectivity index (χ4n) is 2.44. The second-order valence-electron chi connectivity index (χ2n) is 5.76. The molecule has 0 saturated carbocycles. The van der Waals surface area contributed by atoms with Gasteiger partial charge in [-0.15, -0.1) is 11.8 Å². The zero-order valence-electron chi connectivity index (χ0n) is 15.2. The predicted octanol–water partition coefficient (Wildman–Crippen LogP) is 4.94. The van der Waals surface area contributed by atoms with Gasteiger partial charge in [-0.1, -0.05) is 17.7 Å². The van der Waals surface area contributed by atoms with E-state index in [4.69, 9.17) is 11.6 Å². The molecule has 2 rings (SSSR count). The van der Waals surface area contributed by atoms with E-state index in [1.807, 2.05) is 32.9 Å². The number of rotatable bonds is 7. The topological polar surface area (TPSA) is 49.4 Å². The average Bonchev–Trinajstić information content (AvgIpc) is 2.64. The standard InChI is InChI=1S/C20H23ClN2O2S/c1-4-23(5-2)20(25)15-7-6-8-17(13-15)22-19(24)14(3)26-18-11-9-16(21)10-12-18/h6-14H,4-5H2,1-3H3,(H,22,24). The number of thioether (sulfide) groups is 1. The highest BCUT2D eigenvalue weighted by Gasteiger charge is 2.16. The first-order valence-corrected chi connectivity index (χ1v) is 9.82. The first-order valence-electron chi connectivity index (χ1n) is 8.57. The maximum absolute atomic E-state index is 12.5. The third-order valence-electron chi connectivity index (χ3n) is 3.92.